The number of ketones is 1. The number of Topliss-reactive ketones (excluding diaryl/α,β-unsaturated/α-hetero) is 1. The van der Waals surface area contributed by atoms with E-state index in [2.05, 4.69) is 4.98 Å². The maximum Gasteiger partial charge on any atom is 0.279 e. The number of nitro groups is 1. The van der Waals surface area contributed by atoms with Gasteiger partial charge >= 0.3 is 0 Å². The summed E-state index contributed by atoms with van der Waals surface area (Å²) in [6.45, 7) is 2.89. The molecule has 0 atom stereocenters. The zero-order valence-electron chi connectivity index (χ0n) is 9.80. The highest BCUT2D eigenvalue weighted by molar-refractivity contribution is 5.98. The minimum atomic E-state index is -0.538. The van der Waals surface area contributed by atoms with Crippen molar-refractivity contribution < 1.29 is 14.8 Å². The number of phenolic OH excluding ortho intramolecular Hbond substituents is 1. The van der Waals surface area contributed by atoms with Crippen molar-refractivity contribution in [1.29, 1.82) is 0 Å². The molecule has 0 aliphatic rings. The molecule has 92 valence electrons. The summed E-state index contributed by atoms with van der Waals surface area (Å²) in [5.41, 5.74) is 0.456. The number of carbonyl (C=O) groups is 1. The van der Waals surface area contributed by atoms with Crippen LogP contribution < -0.4 is 0 Å². The van der Waals surface area contributed by atoms with Crippen LogP contribution in [-0.4, -0.2) is 20.8 Å². The van der Waals surface area contributed by atoms with Crippen LogP contribution in [-0.2, 0) is 0 Å². The van der Waals surface area contributed by atoms with Crippen LogP contribution in [0.15, 0.2) is 18.2 Å². The Morgan fingerprint density at radius 3 is 2.67 bits per heavy atom. The smallest absolute Gasteiger partial charge is 0.279 e. The number of non-ortho nitro benzene ring substituents is 1. The number of rotatable bonds is 2. The third-order valence-corrected chi connectivity index (χ3v) is 2.68. The molecule has 1 N–H and O–H groups in total. The van der Waals surface area contributed by atoms with Crippen molar-refractivity contribution in [2.24, 2.45) is 0 Å². The summed E-state index contributed by atoms with van der Waals surface area (Å²) < 4.78 is 0. The molecule has 1 aromatic heterocycles. The fraction of sp³-hybridized carbons (Fsp3) is 0.167. The first-order valence-electron chi connectivity index (χ1n) is 5.20. The third kappa shape index (κ3) is 1.77. The van der Waals surface area contributed by atoms with Crippen molar-refractivity contribution in [3.05, 3.63) is 39.6 Å². The number of hydrogen-bond acceptors (Lipinski definition) is 5. The van der Waals surface area contributed by atoms with Gasteiger partial charge in [-0.05, 0) is 24.6 Å². The Bertz CT molecular complexity index is 679. The number of aromatic nitrogens is 1. The zero-order chi connectivity index (χ0) is 13.4. The van der Waals surface area contributed by atoms with Crippen molar-refractivity contribution in [1.82, 2.24) is 4.98 Å². The fourth-order valence-electron chi connectivity index (χ4n) is 1.73. The Morgan fingerprint density at radius 1 is 1.44 bits per heavy atom. The maximum atomic E-state index is 11.2. The summed E-state index contributed by atoms with van der Waals surface area (Å²) in [5, 5.41) is 21.0. The molecule has 0 aliphatic heterocycles. The highest BCUT2D eigenvalue weighted by Gasteiger charge is 2.18. The Labute approximate surface area is 102 Å². The lowest BCUT2D eigenvalue weighted by Gasteiger charge is -2.06. The van der Waals surface area contributed by atoms with E-state index in [0.717, 1.165) is 0 Å². The van der Waals surface area contributed by atoms with E-state index >= 15 is 0 Å². The Kier molecular flexibility index (Phi) is 2.70. The van der Waals surface area contributed by atoms with Crippen LogP contribution in [0, 0.1) is 17.0 Å². The van der Waals surface area contributed by atoms with Gasteiger partial charge in [0.05, 0.1) is 10.3 Å². The predicted molar refractivity (Wildman–Crippen MR) is 64.8 cm³/mol. The minimum Gasteiger partial charge on any atom is -0.505 e. The molecule has 0 amide bonds. The molecule has 2 rings (SSSR count). The molecular weight excluding hydrogens is 236 g/mol. The molecule has 0 bridgehead atoms. The van der Waals surface area contributed by atoms with E-state index in [0.29, 0.717) is 5.56 Å². The van der Waals surface area contributed by atoms with Gasteiger partial charge in [0.15, 0.2) is 5.78 Å². The van der Waals surface area contributed by atoms with E-state index in [1.807, 2.05) is 0 Å². The molecule has 0 radical (unpaired) electrons. The molecule has 0 fully saturated rings. The molecule has 0 spiro atoms. The van der Waals surface area contributed by atoms with Gasteiger partial charge in [0, 0.05) is 13.0 Å². The van der Waals surface area contributed by atoms with Crippen molar-refractivity contribution in [3.63, 3.8) is 0 Å². The minimum absolute atomic E-state index is 0.0781. The van der Waals surface area contributed by atoms with Gasteiger partial charge in [0.25, 0.3) is 5.69 Å². The summed E-state index contributed by atoms with van der Waals surface area (Å²) in [6, 6.07) is 4.12. The highest BCUT2D eigenvalue weighted by atomic mass is 16.6. The van der Waals surface area contributed by atoms with E-state index < -0.39 is 4.92 Å². The topological polar surface area (TPSA) is 93.3 Å². The second kappa shape index (κ2) is 4.06. The quantitative estimate of drug-likeness (QED) is 0.498. The Balaban J connectivity index is 2.89. The summed E-state index contributed by atoms with van der Waals surface area (Å²) in [6.07, 6.45) is 0. The number of phenols is 1. The number of hydrogen-bond donors (Lipinski definition) is 1. The number of fused-ring (bicyclic) bond motifs is 1. The molecule has 6 nitrogen and oxygen atoms in total. The third-order valence-electron chi connectivity index (χ3n) is 2.68. The molecule has 0 unspecified atom stereocenters. The van der Waals surface area contributed by atoms with Gasteiger partial charge in [0.1, 0.15) is 17.0 Å². The molecule has 0 saturated carbocycles. The van der Waals surface area contributed by atoms with Crippen LogP contribution >= 0.6 is 0 Å². The predicted octanol–water partition coefficient (Wildman–Crippen LogP) is 2.36. The number of aryl methyl sites for hydroxylation is 1. The number of carbonyl (C=O) groups excluding carboxylic acids is 1. The number of pyridine rings is 1. The normalized spacial score (nSPS) is 10.6. The largest absolute Gasteiger partial charge is 0.505 e. The van der Waals surface area contributed by atoms with Crippen LogP contribution in [0.3, 0.4) is 0 Å². The first kappa shape index (κ1) is 12.0. The molecule has 2 aromatic rings. The summed E-state index contributed by atoms with van der Waals surface area (Å²) in [7, 11) is 0. The van der Waals surface area contributed by atoms with Gasteiger partial charge in [-0.15, -0.1) is 0 Å². The summed E-state index contributed by atoms with van der Waals surface area (Å²) >= 11 is 0. The van der Waals surface area contributed by atoms with Gasteiger partial charge in [-0.2, -0.15) is 0 Å². The van der Waals surface area contributed by atoms with E-state index in [-0.39, 0.29) is 33.8 Å². The summed E-state index contributed by atoms with van der Waals surface area (Å²) in [5.74, 6) is -0.404. The van der Waals surface area contributed by atoms with Crippen molar-refractivity contribution >= 4 is 22.4 Å². The molecule has 1 heterocycles. The number of benzene rings is 1. The van der Waals surface area contributed by atoms with Crippen molar-refractivity contribution in [3.8, 4) is 5.75 Å². The maximum absolute atomic E-state index is 11.2. The molecule has 0 aliphatic carbocycles. The molecule has 0 saturated heterocycles. The van der Waals surface area contributed by atoms with Crippen molar-refractivity contribution in [2.75, 3.05) is 0 Å². The Hall–Kier alpha value is -2.50. The van der Waals surface area contributed by atoms with E-state index in [4.69, 9.17) is 0 Å². The standard InChI is InChI=1S/C12H10N2O4/c1-6-5-10(14(17)18)8-3-4-9(7(2)15)13-11(8)12(6)16/h3-5,16H,1-2H3. The van der Waals surface area contributed by atoms with Gasteiger partial charge in [-0.25, -0.2) is 4.98 Å². The molecule has 6 heteroatoms. The lowest BCUT2D eigenvalue weighted by Crippen LogP contribution is -1.99. The molecular formula is C12H10N2O4. The van der Waals surface area contributed by atoms with Crippen LogP contribution in [0.5, 0.6) is 5.75 Å². The van der Waals surface area contributed by atoms with E-state index in [9.17, 15) is 20.0 Å². The number of nitrogens with zero attached hydrogens (tertiary/aromatic N) is 2. The van der Waals surface area contributed by atoms with Crippen LogP contribution in [0.4, 0.5) is 5.69 Å². The second-order valence-electron chi connectivity index (χ2n) is 3.97. The molecule has 1 aromatic carbocycles. The Morgan fingerprint density at radius 2 is 2.11 bits per heavy atom. The SMILES string of the molecule is CC(=O)c1ccc2c([N+](=O)[O-])cc(C)c(O)c2n1. The lowest BCUT2D eigenvalue weighted by atomic mass is 10.1. The monoisotopic (exact) mass is 246 g/mol. The fourth-order valence-corrected chi connectivity index (χ4v) is 1.73. The first-order valence-corrected chi connectivity index (χ1v) is 5.20. The second-order valence-corrected chi connectivity index (χ2v) is 3.97. The lowest BCUT2D eigenvalue weighted by molar-refractivity contribution is -0.383. The van der Waals surface area contributed by atoms with Crippen LogP contribution in [0.2, 0.25) is 0 Å². The van der Waals surface area contributed by atoms with E-state index in [1.54, 1.807) is 6.92 Å². The number of aromatic hydroxyl groups is 1. The van der Waals surface area contributed by atoms with Gasteiger partial charge in [-0.3, -0.25) is 14.9 Å². The average molecular weight is 246 g/mol. The van der Waals surface area contributed by atoms with Gasteiger partial charge < -0.3 is 5.11 Å². The van der Waals surface area contributed by atoms with Crippen molar-refractivity contribution in [2.45, 2.75) is 13.8 Å². The average Bonchev–Trinajstić information content (AvgIpc) is 2.32. The van der Waals surface area contributed by atoms with E-state index in [1.165, 1.54) is 25.1 Å². The number of nitro benzene ring substituents is 1. The molecule has 18 heavy (non-hydrogen) atoms. The first-order chi connectivity index (χ1) is 8.41. The van der Waals surface area contributed by atoms with Crippen LogP contribution in [0.1, 0.15) is 23.0 Å². The van der Waals surface area contributed by atoms with Gasteiger partial charge in [0.2, 0.25) is 0 Å². The van der Waals surface area contributed by atoms with Gasteiger partial charge in [-0.1, -0.05) is 0 Å². The highest BCUT2D eigenvalue weighted by Crippen LogP contribution is 2.34. The zero-order valence-corrected chi connectivity index (χ0v) is 9.80. The van der Waals surface area contributed by atoms with Crippen LogP contribution in [0.25, 0.3) is 10.9 Å². The summed E-state index contributed by atoms with van der Waals surface area (Å²) in [4.78, 5) is 25.6.